The minimum atomic E-state index is -0.0706. The molecule has 0 saturated carbocycles. The predicted octanol–water partition coefficient (Wildman–Crippen LogP) is 0.0372. The van der Waals surface area contributed by atoms with Crippen molar-refractivity contribution < 1.29 is 9.59 Å². The number of amides is 2. The van der Waals surface area contributed by atoms with Gasteiger partial charge in [-0.3, -0.25) is 9.59 Å². The highest BCUT2D eigenvalue weighted by Gasteiger charge is 2.06. The van der Waals surface area contributed by atoms with Crippen LogP contribution in [0.15, 0.2) is 0 Å². The SMILES string of the molecule is CC[C@H](CNC(C)=O)NC(C)=O. The lowest BCUT2D eigenvalue weighted by Crippen LogP contribution is -2.41. The first-order valence-corrected chi connectivity index (χ1v) is 4.07. The fourth-order valence-electron chi connectivity index (χ4n) is 0.852. The maximum atomic E-state index is 10.6. The summed E-state index contributed by atoms with van der Waals surface area (Å²) in [4.78, 5) is 21.2. The van der Waals surface area contributed by atoms with Gasteiger partial charge in [-0.2, -0.15) is 0 Å². The van der Waals surface area contributed by atoms with Crippen LogP contribution in [0.2, 0.25) is 0 Å². The molecule has 0 aliphatic heterocycles. The Kier molecular flexibility index (Phi) is 5.08. The first kappa shape index (κ1) is 10.9. The van der Waals surface area contributed by atoms with Crippen LogP contribution in [0.25, 0.3) is 0 Å². The van der Waals surface area contributed by atoms with Gasteiger partial charge >= 0.3 is 0 Å². The van der Waals surface area contributed by atoms with Gasteiger partial charge in [0.1, 0.15) is 0 Å². The fraction of sp³-hybridized carbons (Fsp3) is 0.750. The van der Waals surface area contributed by atoms with Gasteiger partial charge in [0.2, 0.25) is 11.8 Å². The average Bonchev–Trinajstić information content (AvgIpc) is 1.97. The first-order valence-electron chi connectivity index (χ1n) is 4.07. The van der Waals surface area contributed by atoms with E-state index in [0.717, 1.165) is 6.42 Å². The summed E-state index contributed by atoms with van der Waals surface area (Å²) in [6.45, 7) is 5.39. The Morgan fingerprint density at radius 1 is 1.25 bits per heavy atom. The molecule has 0 unspecified atom stereocenters. The topological polar surface area (TPSA) is 58.2 Å². The zero-order valence-electron chi connectivity index (χ0n) is 7.81. The molecule has 0 saturated heterocycles. The Labute approximate surface area is 72.7 Å². The number of hydrogen-bond acceptors (Lipinski definition) is 2. The number of hydrogen-bond donors (Lipinski definition) is 2. The third-order valence-electron chi connectivity index (χ3n) is 1.50. The number of nitrogens with one attached hydrogen (secondary N) is 2. The van der Waals surface area contributed by atoms with Crippen molar-refractivity contribution in [3.63, 3.8) is 0 Å². The summed E-state index contributed by atoms with van der Waals surface area (Å²) >= 11 is 0. The van der Waals surface area contributed by atoms with Gasteiger partial charge in [0.15, 0.2) is 0 Å². The quantitative estimate of drug-likeness (QED) is 0.629. The fourth-order valence-corrected chi connectivity index (χ4v) is 0.852. The molecule has 0 bridgehead atoms. The minimum absolute atomic E-state index is 0.0476. The molecule has 0 aliphatic rings. The van der Waals surface area contributed by atoms with Crippen molar-refractivity contribution in [2.75, 3.05) is 6.54 Å². The van der Waals surface area contributed by atoms with Crippen LogP contribution in [0.5, 0.6) is 0 Å². The van der Waals surface area contributed by atoms with E-state index < -0.39 is 0 Å². The molecule has 0 aliphatic carbocycles. The maximum absolute atomic E-state index is 10.6. The highest BCUT2D eigenvalue weighted by Crippen LogP contribution is 1.88. The molecule has 4 heteroatoms. The zero-order valence-corrected chi connectivity index (χ0v) is 7.81. The van der Waals surface area contributed by atoms with Crippen LogP contribution in [-0.4, -0.2) is 24.4 Å². The zero-order chi connectivity index (χ0) is 9.56. The van der Waals surface area contributed by atoms with E-state index in [4.69, 9.17) is 0 Å². The van der Waals surface area contributed by atoms with Crippen LogP contribution in [0.4, 0.5) is 0 Å². The largest absolute Gasteiger partial charge is 0.354 e. The Balaban J connectivity index is 3.67. The lowest BCUT2D eigenvalue weighted by molar-refractivity contribution is -0.121. The highest BCUT2D eigenvalue weighted by molar-refractivity contribution is 5.74. The van der Waals surface area contributed by atoms with Gasteiger partial charge in [-0.1, -0.05) is 6.92 Å². The van der Waals surface area contributed by atoms with E-state index in [-0.39, 0.29) is 17.9 Å². The summed E-state index contributed by atoms with van der Waals surface area (Å²) in [6, 6.07) is 0.0476. The van der Waals surface area contributed by atoms with E-state index in [1.54, 1.807) is 0 Å². The van der Waals surface area contributed by atoms with Crippen molar-refractivity contribution in [1.82, 2.24) is 10.6 Å². The second-order valence-electron chi connectivity index (χ2n) is 2.74. The van der Waals surface area contributed by atoms with Crippen molar-refractivity contribution in [3.05, 3.63) is 0 Å². The molecule has 70 valence electrons. The highest BCUT2D eigenvalue weighted by atomic mass is 16.2. The molecular formula is C8H16N2O2. The van der Waals surface area contributed by atoms with Gasteiger partial charge < -0.3 is 10.6 Å². The molecular weight excluding hydrogens is 156 g/mol. The normalized spacial score (nSPS) is 11.9. The standard InChI is InChI=1S/C8H16N2O2/c1-4-8(10-7(3)12)5-9-6(2)11/h8H,4-5H2,1-3H3,(H,9,11)(H,10,12)/t8-/m1/s1. The van der Waals surface area contributed by atoms with Crippen molar-refractivity contribution in [2.45, 2.75) is 33.2 Å². The summed E-state index contributed by atoms with van der Waals surface area (Å²) in [5.74, 6) is -0.133. The molecule has 1 atom stereocenters. The Morgan fingerprint density at radius 2 is 1.83 bits per heavy atom. The van der Waals surface area contributed by atoms with Crippen LogP contribution < -0.4 is 10.6 Å². The number of carbonyl (C=O) groups excluding carboxylic acids is 2. The van der Waals surface area contributed by atoms with Crippen molar-refractivity contribution in [1.29, 1.82) is 0 Å². The molecule has 0 radical (unpaired) electrons. The van der Waals surface area contributed by atoms with Crippen LogP contribution in [-0.2, 0) is 9.59 Å². The summed E-state index contributed by atoms with van der Waals surface area (Å²) in [5, 5.41) is 5.38. The summed E-state index contributed by atoms with van der Waals surface area (Å²) in [6.07, 6.45) is 0.819. The van der Waals surface area contributed by atoms with E-state index in [1.807, 2.05) is 6.92 Å². The van der Waals surface area contributed by atoms with Crippen LogP contribution in [0.1, 0.15) is 27.2 Å². The molecule has 2 amide bonds. The third kappa shape index (κ3) is 5.70. The van der Waals surface area contributed by atoms with Gasteiger partial charge in [-0.15, -0.1) is 0 Å². The lowest BCUT2D eigenvalue weighted by atomic mass is 10.2. The van der Waals surface area contributed by atoms with Crippen LogP contribution >= 0.6 is 0 Å². The van der Waals surface area contributed by atoms with E-state index in [9.17, 15) is 9.59 Å². The van der Waals surface area contributed by atoms with Crippen LogP contribution in [0.3, 0.4) is 0 Å². The van der Waals surface area contributed by atoms with E-state index in [2.05, 4.69) is 10.6 Å². The summed E-state index contributed by atoms with van der Waals surface area (Å²) in [5.41, 5.74) is 0. The number of rotatable bonds is 4. The predicted molar refractivity (Wildman–Crippen MR) is 46.6 cm³/mol. The second kappa shape index (κ2) is 5.57. The van der Waals surface area contributed by atoms with Crippen LogP contribution in [0, 0.1) is 0 Å². The van der Waals surface area contributed by atoms with Gasteiger partial charge in [-0.05, 0) is 6.42 Å². The number of carbonyl (C=O) groups is 2. The molecule has 0 aromatic rings. The Hall–Kier alpha value is -1.06. The van der Waals surface area contributed by atoms with E-state index in [0.29, 0.717) is 6.54 Å². The van der Waals surface area contributed by atoms with Crippen molar-refractivity contribution in [2.24, 2.45) is 0 Å². The molecule has 12 heavy (non-hydrogen) atoms. The summed E-state index contributed by atoms with van der Waals surface area (Å²) in [7, 11) is 0. The molecule has 0 aromatic heterocycles. The molecule has 0 aromatic carbocycles. The Bertz CT molecular complexity index is 168. The van der Waals surface area contributed by atoms with Gasteiger partial charge in [0.25, 0.3) is 0 Å². The van der Waals surface area contributed by atoms with Gasteiger partial charge in [0, 0.05) is 26.4 Å². The molecule has 0 heterocycles. The molecule has 0 spiro atoms. The molecule has 0 fully saturated rings. The van der Waals surface area contributed by atoms with Crippen molar-refractivity contribution in [3.8, 4) is 0 Å². The van der Waals surface area contributed by atoms with Gasteiger partial charge in [-0.25, -0.2) is 0 Å². The molecule has 4 nitrogen and oxygen atoms in total. The first-order chi connectivity index (χ1) is 5.56. The minimum Gasteiger partial charge on any atom is -0.354 e. The van der Waals surface area contributed by atoms with E-state index in [1.165, 1.54) is 13.8 Å². The lowest BCUT2D eigenvalue weighted by Gasteiger charge is -2.15. The second-order valence-corrected chi connectivity index (χ2v) is 2.74. The van der Waals surface area contributed by atoms with E-state index >= 15 is 0 Å². The smallest absolute Gasteiger partial charge is 0.217 e. The maximum Gasteiger partial charge on any atom is 0.217 e. The van der Waals surface area contributed by atoms with Gasteiger partial charge in [0.05, 0.1) is 0 Å². The van der Waals surface area contributed by atoms with Crippen molar-refractivity contribution >= 4 is 11.8 Å². The Morgan fingerprint density at radius 3 is 2.17 bits per heavy atom. The monoisotopic (exact) mass is 172 g/mol. The average molecular weight is 172 g/mol. The molecule has 0 rings (SSSR count). The molecule has 2 N–H and O–H groups in total. The summed E-state index contributed by atoms with van der Waals surface area (Å²) < 4.78 is 0. The third-order valence-corrected chi connectivity index (χ3v) is 1.50.